The van der Waals surface area contributed by atoms with E-state index < -0.39 is 0 Å². The average Bonchev–Trinajstić information content (AvgIpc) is 3.15. The van der Waals surface area contributed by atoms with E-state index in [9.17, 15) is 0 Å². The van der Waals surface area contributed by atoms with Crippen LogP contribution < -0.4 is 0 Å². The number of H-pyrrole nitrogens is 1. The Morgan fingerprint density at radius 2 is 1.95 bits per heavy atom. The van der Waals surface area contributed by atoms with Gasteiger partial charge in [0.1, 0.15) is 0 Å². The van der Waals surface area contributed by atoms with E-state index in [0.717, 1.165) is 0 Å². The van der Waals surface area contributed by atoms with Gasteiger partial charge < -0.3 is 0 Å². The van der Waals surface area contributed by atoms with Crippen LogP contribution in [0.1, 0.15) is 11.0 Å². The fraction of sp³-hybridized carbons (Fsp3) is 0.0714. The summed E-state index contributed by atoms with van der Waals surface area (Å²) in [6.45, 7) is -0.251. The second-order valence-corrected chi connectivity index (χ2v) is 4.02. The summed E-state index contributed by atoms with van der Waals surface area (Å²) in [6.07, 6.45) is 0. The third-order valence-electron chi connectivity index (χ3n) is 2.75. The van der Waals surface area contributed by atoms with Crippen molar-refractivity contribution in [2.24, 2.45) is 5.11 Å². The lowest BCUT2D eigenvalue weighted by molar-refractivity contribution is 0.881. The van der Waals surface area contributed by atoms with Crippen molar-refractivity contribution >= 4 is 0 Å². The second kappa shape index (κ2) is 5.85. The number of hydrogen-bond donors (Lipinski definition) is 1. The summed E-state index contributed by atoms with van der Waals surface area (Å²) in [7, 11) is 0. The molecule has 1 aromatic heterocycles. The van der Waals surface area contributed by atoms with Crippen LogP contribution in [-0.4, -0.2) is 20.6 Å². The van der Waals surface area contributed by atoms with Crippen LogP contribution in [0.4, 0.5) is 0 Å². The zero-order valence-electron chi connectivity index (χ0n) is 14.7. The van der Waals surface area contributed by atoms with E-state index in [1.165, 1.54) is 0 Å². The van der Waals surface area contributed by atoms with Gasteiger partial charge in [0.2, 0.25) is 5.82 Å². The van der Waals surface area contributed by atoms with Gasteiger partial charge in [-0.05, 0) is 27.4 Å². The molecule has 102 valence electrons. The molecule has 0 fully saturated rings. The van der Waals surface area contributed by atoms with Gasteiger partial charge in [0.15, 0.2) is 0 Å². The fourth-order valence-corrected chi connectivity index (χ4v) is 1.83. The zero-order valence-corrected chi connectivity index (χ0v) is 10.7. The van der Waals surface area contributed by atoms with Crippen molar-refractivity contribution in [2.75, 3.05) is 0 Å². The number of aromatic nitrogens is 4. The molecule has 1 N–H and O–H groups in total. The molecule has 0 aliphatic rings. The van der Waals surface area contributed by atoms with Gasteiger partial charge in [-0.15, -0.1) is 10.2 Å². The van der Waals surface area contributed by atoms with Crippen LogP contribution in [0, 0.1) is 0 Å². The standard InChI is InChI=1S/C14H11N7/c15-19-16-9-10-5-7-11(8-6-10)12-3-1-2-4-13(12)14-17-20-21-18-14/h1-8H,9H2,(H,17,18,20,21)/i5D,6D,7D,8D. The molecule has 0 bridgehead atoms. The predicted molar refractivity (Wildman–Crippen MR) is 77.9 cm³/mol. The Balaban J connectivity index is 2.28. The van der Waals surface area contributed by atoms with E-state index in [1.807, 2.05) is 0 Å². The third kappa shape index (κ3) is 2.72. The Hall–Kier alpha value is -3.18. The van der Waals surface area contributed by atoms with Crippen molar-refractivity contribution in [1.29, 1.82) is 0 Å². The van der Waals surface area contributed by atoms with Crippen LogP contribution in [0.25, 0.3) is 33.0 Å². The van der Waals surface area contributed by atoms with Crippen LogP contribution in [0.3, 0.4) is 0 Å². The number of hydrogen-bond acceptors (Lipinski definition) is 4. The number of nitrogens with zero attached hydrogens (tertiary/aromatic N) is 6. The summed E-state index contributed by atoms with van der Waals surface area (Å²) in [5.41, 5.74) is 9.60. The molecular weight excluding hydrogens is 266 g/mol. The van der Waals surface area contributed by atoms with Crippen molar-refractivity contribution in [3.63, 3.8) is 0 Å². The highest BCUT2D eigenvalue weighted by Crippen LogP contribution is 2.29. The van der Waals surface area contributed by atoms with E-state index in [4.69, 9.17) is 11.0 Å². The van der Waals surface area contributed by atoms with Gasteiger partial charge in [-0.3, -0.25) is 0 Å². The van der Waals surface area contributed by atoms with Gasteiger partial charge in [0, 0.05) is 10.5 Å². The highest BCUT2D eigenvalue weighted by Gasteiger charge is 2.10. The van der Waals surface area contributed by atoms with Crippen molar-refractivity contribution in [3.8, 4) is 22.5 Å². The second-order valence-electron chi connectivity index (χ2n) is 4.02. The molecule has 3 rings (SSSR count). The number of aromatic amines is 1. The summed E-state index contributed by atoms with van der Waals surface area (Å²) in [5, 5.41) is 17.0. The van der Waals surface area contributed by atoms with Crippen molar-refractivity contribution in [2.45, 2.75) is 6.54 Å². The first-order valence-corrected chi connectivity index (χ1v) is 5.99. The number of rotatable bonds is 4. The minimum Gasteiger partial charge on any atom is -0.177 e. The smallest absolute Gasteiger partial charge is 0.177 e. The molecule has 0 unspecified atom stereocenters. The first kappa shape index (κ1) is 8.89. The maximum absolute atomic E-state index is 8.44. The lowest BCUT2D eigenvalue weighted by Crippen LogP contribution is -1.88. The number of azide groups is 1. The van der Waals surface area contributed by atoms with Crippen LogP contribution in [0.5, 0.6) is 0 Å². The van der Waals surface area contributed by atoms with Gasteiger partial charge in [-0.2, -0.15) is 5.21 Å². The Labute approximate surface area is 125 Å². The first-order valence-electron chi connectivity index (χ1n) is 7.99. The molecule has 0 aliphatic carbocycles. The normalized spacial score (nSPS) is 12.8. The molecule has 2 aromatic carbocycles. The van der Waals surface area contributed by atoms with E-state index in [1.54, 1.807) is 24.3 Å². The molecule has 0 saturated heterocycles. The molecule has 0 atom stereocenters. The van der Waals surface area contributed by atoms with Crippen LogP contribution in [0.15, 0.2) is 53.5 Å². The quantitative estimate of drug-likeness (QED) is 0.450. The van der Waals surface area contributed by atoms with Crippen LogP contribution in [0.2, 0.25) is 0 Å². The highest BCUT2D eigenvalue weighted by atomic mass is 15.5. The van der Waals surface area contributed by atoms with E-state index >= 15 is 0 Å². The Kier molecular flexibility index (Phi) is 2.48. The molecular formula is C14H11N7. The molecule has 0 aliphatic heterocycles. The molecule has 0 radical (unpaired) electrons. The van der Waals surface area contributed by atoms with E-state index in [-0.39, 0.29) is 47.7 Å². The highest BCUT2D eigenvalue weighted by molar-refractivity contribution is 5.80. The fourth-order valence-electron chi connectivity index (χ4n) is 1.83. The summed E-state index contributed by atoms with van der Waals surface area (Å²) in [4.78, 5) is 2.61. The molecule has 0 saturated carbocycles. The zero-order chi connectivity index (χ0) is 18.0. The first-order chi connectivity index (χ1) is 12.1. The number of nitrogens with one attached hydrogen (secondary N) is 1. The SMILES string of the molecule is [2H]c1c([2H])c(-c2ccccc2-c2nn[nH]n2)c([2H])c([2H])c1CN=[N+]=[N-]. The molecule has 21 heavy (non-hydrogen) atoms. The van der Waals surface area contributed by atoms with Crippen LogP contribution >= 0.6 is 0 Å². The largest absolute Gasteiger partial charge is 0.205 e. The van der Waals surface area contributed by atoms with Crippen molar-refractivity contribution < 1.29 is 5.48 Å². The lowest BCUT2D eigenvalue weighted by atomic mass is 9.98. The van der Waals surface area contributed by atoms with Gasteiger partial charge in [-0.1, -0.05) is 53.5 Å². The third-order valence-corrected chi connectivity index (χ3v) is 2.75. The molecule has 1 heterocycles. The lowest BCUT2D eigenvalue weighted by Gasteiger charge is -2.07. The maximum atomic E-state index is 8.44. The summed E-state index contributed by atoms with van der Waals surface area (Å²) in [6, 6.07) is 5.92. The maximum Gasteiger partial charge on any atom is 0.205 e. The molecule has 0 amide bonds. The Morgan fingerprint density at radius 1 is 1.19 bits per heavy atom. The van der Waals surface area contributed by atoms with Crippen LogP contribution in [-0.2, 0) is 6.54 Å². The monoisotopic (exact) mass is 281 g/mol. The number of tetrazole rings is 1. The Morgan fingerprint density at radius 3 is 2.62 bits per heavy atom. The summed E-state index contributed by atoms with van der Waals surface area (Å²) in [5.74, 6) is 0.283. The minimum atomic E-state index is -0.251. The Bertz CT molecular complexity index is 952. The topological polar surface area (TPSA) is 103 Å². The van der Waals surface area contributed by atoms with Gasteiger partial charge in [0.05, 0.1) is 12.0 Å². The molecule has 3 aromatic rings. The van der Waals surface area contributed by atoms with Gasteiger partial charge in [0.25, 0.3) is 0 Å². The van der Waals surface area contributed by atoms with Crippen molar-refractivity contribution in [1.82, 2.24) is 20.6 Å². The average molecular weight is 281 g/mol. The number of benzene rings is 2. The summed E-state index contributed by atoms with van der Waals surface area (Å²) < 4.78 is 32.8. The summed E-state index contributed by atoms with van der Waals surface area (Å²) >= 11 is 0. The minimum absolute atomic E-state index is 0.0496. The van der Waals surface area contributed by atoms with E-state index in [0.29, 0.717) is 11.1 Å². The molecule has 0 spiro atoms. The predicted octanol–water partition coefficient (Wildman–Crippen LogP) is 3.34. The van der Waals surface area contributed by atoms with Gasteiger partial charge in [-0.25, -0.2) is 0 Å². The molecule has 7 heteroatoms. The molecule has 7 nitrogen and oxygen atoms in total. The van der Waals surface area contributed by atoms with E-state index in [2.05, 4.69) is 30.7 Å². The van der Waals surface area contributed by atoms with Crippen molar-refractivity contribution in [3.05, 3.63) is 64.4 Å². The van der Waals surface area contributed by atoms with Gasteiger partial charge >= 0.3 is 0 Å².